The minimum Gasteiger partial charge on any atom is -0.468 e. The van der Waals surface area contributed by atoms with E-state index in [1.54, 1.807) is 6.26 Å². The molecule has 0 saturated carbocycles. The van der Waals surface area contributed by atoms with Gasteiger partial charge in [0.15, 0.2) is 0 Å². The molecule has 2 rings (SSSR count). The van der Waals surface area contributed by atoms with E-state index in [0.717, 1.165) is 23.8 Å². The van der Waals surface area contributed by atoms with Gasteiger partial charge in [-0.2, -0.15) is 0 Å². The predicted octanol–water partition coefficient (Wildman–Crippen LogP) is 1.97. The third kappa shape index (κ3) is 2.61. The molecule has 0 aliphatic carbocycles. The Hall–Kier alpha value is -0.800. The average molecular weight is 208 g/mol. The molecule has 0 bridgehead atoms. The fourth-order valence-corrected chi connectivity index (χ4v) is 2.11. The van der Waals surface area contributed by atoms with Gasteiger partial charge in [0.05, 0.1) is 12.8 Å². The second-order valence-corrected chi connectivity index (χ2v) is 4.53. The van der Waals surface area contributed by atoms with E-state index in [-0.39, 0.29) is 0 Å². The fourth-order valence-electron chi connectivity index (χ4n) is 2.11. The van der Waals surface area contributed by atoms with Crippen LogP contribution in [0.1, 0.15) is 31.1 Å². The highest BCUT2D eigenvalue weighted by Gasteiger charge is 2.17. The normalized spacial score (nSPS) is 19.6. The van der Waals surface area contributed by atoms with Crippen molar-refractivity contribution in [2.24, 2.45) is 11.7 Å². The highest BCUT2D eigenvalue weighted by Crippen LogP contribution is 2.19. The predicted molar refractivity (Wildman–Crippen MR) is 60.3 cm³/mol. The van der Waals surface area contributed by atoms with Crippen LogP contribution in [-0.2, 0) is 13.1 Å². The first-order chi connectivity index (χ1) is 7.29. The summed E-state index contributed by atoms with van der Waals surface area (Å²) in [6.07, 6.45) is 4.35. The molecular weight excluding hydrogens is 188 g/mol. The number of piperidine rings is 1. The number of hydrogen-bond donors (Lipinski definition) is 1. The van der Waals surface area contributed by atoms with Gasteiger partial charge in [0, 0.05) is 12.1 Å². The van der Waals surface area contributed by atoms with Gasteiger partial charge in [0.25, 0.3) is 0 Å². The van der Waals surface area contributed by atoms with E-state index in [0.29, 0.717) is 6.54 Å². The molecule has 3 heteroatoms. The molecule has 15 heavy (non-hydrogen) atoms. The highest BCUT2D eigenvalue weighted by atomic mass is 16.3. The van der Waals surface area contributed by atoms with Gasteiger partial charge in [0.2, 0.25) is 0 Å². The van der Waals surface area contributed by atoms with Crippen molar-refractivity contribution in [3.05, 3.63) is 23.7 Å². The molecule has 2 heterocycles. The molecule has 0 unspecified atom stereocenters. The summed E-state index contributed by atoms with van der Waals surface area (Å²) in [5, 5.41) is 0. The SMILES string of the molecule is CC1CCN(Cc2occc2CN)CC1. The zero-order valence-electron chi connectivity index (χ0n) is 9.41. The van der Waals surface area contributed by atoms with E-state index in [2.05, 4.69) is 11.8 Å². The van der Waals surface area contributed by atoms with Crippen LogP contribution in [0.15, 0.2) is 16.7 Å². The molecule has 1 aliphatic heterocycles. The van der Waals surface area contributed by atoms with Gasteiger partial charge in [-0.15, -0.1) is 0 Å². The van der Waals surface area contributed by atoms with Gasteiger partial charge in [-0.1, -0.05) is 6.92 Å². The summed E-state index contributed by atoms with van der Waals surface area (Å²) in [7, 11) is 0. The zero-order valence-corrected chi connectivity index (χ0v) is 9.41. The topological polar surface area (TPSA) is 42.4 Å². The van der Waals surface area contributed by atoms with Gasteiger partial charge in [0.1, 0.15) is 5.76 Å². The number of likely N-dealkylation sites (tertiary alicyclic amines) is 1. The van der Waals surface area contributed by atoms with Crippen LogP contribution in [0.5, 0.6) is 0 Å². The van der Waals surface area contributed by atoms with E-state index < -0.39 is 0 Å². The Bertz CT molecular complexity index is 300. The first kappa shape index (κ1) is 10.7. The first-order valence-corrected chi connectivity index (χ1v) is 5.77. The van der Waals surface area contributed by atoms with E-state index in [1.165, 1.54) is 25.9 Å². The molecular formula is C12H20N2O. The van der Waals surface area contributed by atoms with Crippen molar-refractivity contribution in [3.63, 3.8) is 0 Å². The molecule has 3 nitrogen and oxygen atoms in total. The van der Waals surface area contributed by atoms with Crippen LogP contribution in [0.25, 0.3) is 0 Å². The summed E-state index contributed by atoms with van der Waals surface area (Å²) in [5.74, 6) is 1.93. The molecule has 0 spiro atoms. The van der Waals surface area contributed by atoms with E-state index in [1.807, 2.05) is 6.07 Å². The number of hydrogen-bond acceptors (Lipinski definition) is 3. The summed E-state index contributed by atoms with van der Waals surface area (Å²) < 4.78 is 5.46. The molecule has 2 N–H and O–H groups in total. The monoisotopic (exact) mass is 208 g/mol. The lowest BCUT2D eigenvalue weighted by Gasteiger charge is -2.29. The van der Waals surface area contributed by atoms with Crippen LogP contribution < -0.4 is 5.73 Å². The summed E-state index contributed by atoms with van der Waals surface area (Å²) in [4.78, 5) is 2.46. The average Bonchev–Trinajstić information content (AvgIpc) is 2.69. The van der Waals surface area contributed by atoms with Crippen LogP contribution in [0, 0.1) is 5.92 Å². The van der Waals surface area contributed by atoms with Crippen LogP contribution >= 0.6 is 0 Å². The van der Waals surface area contributed by atoms with Gasteiger partial charge in [-0.05, 0) is 37.9 Å². The van der Waals surface area contributed by atoms with Crippen molar-refractivity contribution < 1.29 is 4.42 Å². The Kier molecular flexibility index (Phi) is 3.44. The van der Waals surface area contributed by atoms with Crippen LogP contribution in [0.2, 0.25) is 0 Å². The summed E-state index contributed by atoms with van der Waals surface area (Å²) in [6, 6.07) is 1.97. The third-order valence-corrected chi connectivity index (χ3v) is 3.30. The molecule has 1 aromatic rings. The van der Waals surface area contributed by atoms with Crippen molar-refractivity contribution >= 4 is 0 Å². The molecule has 1 saturated heterocycles. The van der Waals surface area contributed by atoms with E-state index in [9.17, 15) is 0 Å². The molecule has 1 aliphatic rings. The maximum absolute atomic E-state index is 5.64. The smallest absolute Gasteiger partial charge is 0.122 e. The first-order valence-electron chi connectivity index (χ1n) is 5.77. The Labute approximate surface area is 91.2 Å². The molecule has 0 amide bonds. The Morgan fingerprint density at radius 1 is 1.47 bits per heavy atom. The van der Waals surface area contributed by atoms with Gasteiger partial charge < -0.3 is 10.2 Å². The summed E-state index contributed by atoms with van der Waals surface area (Å²) >= 11 is 0. The van der Waals surface area contributed by atoms with Gasteiger partial charge in [-0.3, -0.25) is 4.90 Å². The largest absolute Gasteiger partial charge is 0.468 e. The number of rotatable bonds is 3. The van der Waals surface area contributed by atoms with E-state index in [4.69, 9.17) is 10.2 Å². The fraction of sp³-hybridized carbons (Fsp3) is 0.667. The van der Waals surface area contributed by atoms with Crippen molar-refractivity contribution in [1.82, 2.24) is 4.90 Å². The number of furan rings is 1. The number of nitrogens with two attached hydrogens (primary N) is 1. The Morgan fingerprint density at radius 2 is 2.20 bits per heavy atom. The van der Waals surface area contributed by atoms with Crippen molar-refractivity contribution in [3.8, 4) is 0 Å². The Morgan fingerprint density at radius 3 is 2.87 bits per heavy atom. The third-order valence-electron chi connectivity index (χ3n) is 3.30. The molecule has 0 radical (unpaired) electrons. The van der Waals surface area contributed by atoms with Crippen LogP contribution in [0.3, 0.4) is 0 Å². The lowest BCUT2D eigenvalue weighted by molar-refractivity contribution is 0.173. The molecule has 84 valence electrons. The minimum atomic E-state index is 0.579. The minimum absolute atomic E-state index is 0.579. The van der Waals surface area contributed by atoms with Gasteiger partial charge in [-0.25, -0.2) is 0 Å². The summed E-state index contributed by atoms with van der Waals surface area (Å²) in [6.45, 7) is 6.20. The highest BCUT2D eigenvalue weighted by molar-refractivity contribution is 5.16. The second-order valence-electron chi connectivity index (χ2n) is 4.53. The Balaban J connectivity index is 1.91. The maximum atomic E-state index is 5.64. The van der Waals surface area contributed by atoms with Crippen molar-refractivity contribution in [2.75, 3.05) is 13.1 Å². The number of nitrogens with zero attached hydrogens (tertiary/aromatic N) is 1. The second kappa shape index (κ2) is 4.81. The lowest BCUT2D eigenvalue weighted by atomic mass is 9.99. The lowest BCUT2D eigenvalue weighted by Crippen LogP contribution is -2.32. The molecule has 0 atom stereocenters. The van der Waals surface area contributed by atoms with Crippen molar-refractivity contribution in [2.45, 2.75) is 32.9 Å². The van der Waals surface area contributed by atoms with Crippen LogP contribution in [0.4, 0.5) is 0 Å². The van der Waals surface area contributed by atoms with Crippen LogP contribution in [-0.4, -0.2) is 18.0 Å². The molecule has 1 fully saturated rings. The summed E-state index contributed by atoms with van der Waals surface area (Å²) in [5.41, 5.74) is 6.79. The quantitative estimate of drug-likeness (QED) is 0.825. The van der Waals surface area contributed by atoms with Crippen molar-refractivity contribution in [1.29, 1.82) is 0 Å². The zero-order chi connectivity index (χ0) is 10.7. The maximum Gasteiger partial charge on any atom is 0.122 e. The molecule has 1 aromatic heterocycles. The van der Waals surface area contributed by atoms with Gasteiger partial charge >= 0.3 is 0 Å². The van der Waals surface area contributed by atoms with E-state index >= 15 is 0 Å². The standard InChI is InChI=1S/C12H20N2O/c1-10-2-5-14(6-3-10)9-12-11(8-13)4-7-15-12/h4,7,10H,2-3,5-6,8-9,13H2,1H3. The molecule has 0 aromatic carbocycles.